The molecule has 1 heterocycles. The Morgan fingerprint density at radius 1 is 0.926 bits per heavy atom. The van der Waals surface area contributed by atoms with Gasteiger partial charge < -0.3 is 5.32 Å². The van der Waals surface area contributed by atoms with Gasteiger partial charge in [-0.25, -0.2) is 4.98 Å². The number of aromatic nitrogens is 1. The highest BCUT2D eigenvalue weighted by Crippen LogP contribution is 2.32. The lowest BCUT2D eigenvalue weighted by Crippen LogP contribution is -2.13. The second-order valence-corrected chi connectivity index (χ2v) is 7.80. The van der Waals surface area contributed by atoms with E-state index in [0.717, 1.165) is 16.8 Å². The molecular formula is C20H14BrCl3N2O. The molecule has 1 N–H and O–H groups in total. The standard InChI is InChI=1S/C20H14BrCl3N2O/c21-17-10-8-12(19(25-17)13-4-1-2-5-14(13)22)9-11-18(27)26-20-15(23)6-3-7-16(20)24/h1-8,10H,9,11H2,(H,26,27). The van der Waals surface area contributed by atoms with Gasteiger partial charge in [0, 0.05) is 17.0 Å². The lowest BCUT2D eigenvalue weighted by molar-refractivity contribution is -0.116. The van der Waals surface area contributed by atoms with E-state index in [2.05, 4.69) is 26.2 Å². The predicted molar refractivity (Wildman–Crippen MR) is 116 cm³/mol. The Hall–Kier alpha value is -1.59. The van der Waals surface area contributed by atoms with Crippen molar-refractivity contribution in [3.63, 3.8) is 0 Å². The number of hydrogen-bond acceptors (Lipinski definition) is 2. The van der Waals surface area contributed by atoms with E-state index in [9.17, 15) is 4.79 Å². The van der Waals surface area contributed by atoms with Crippen molar-refractivity contribution in [1.29, 1.82) is 0 Å². The summed E-state index contributed by atoms with van der Waals surface area (Å²) in [4.78, 5) is 16.9. The van der Waals surface area contributed by atoms with Crippen molar-refractivity contribution >= 4 is 62.3 Å². The third kappa shape index (κ3) is 5.02. The topological polar surface area (TPSA) is 42.0 Å². The molecule has 1 amide bonds. The molecule has 7 heteroatoms. The zero-order chi connectivity index (χ0) is 19.4. The van der Waals surface area contributed by atoms with E-state index in [-0.39, 0.29) is 12.3 Å². The molecule has 1 aromatic heterocycles. The van der Waals surface area contributed by atoms with E-state index in [1.54, 1.807) is 18.2 Å². The molecule has 0 saturated carbocycles. The van der Waals surface area contributed by atoms with Gasteiger partial charge in [0.2, 0.25) is 5.91 Å². The Kier molecular flexibility index (Phi) is 6.77. The minimum atomic E-state index is -0.182. The van der Waals surface area contributed by atoms with Gasteiger partial charge in [0.15, 0.2) is 0 Å². The molecule has 3 nitrogen and oxygen atoms in total. The van der Waals surface area contributed by atoms with Crippen LogP contribution in [0.3, 0.4) is 0 Å². The van der Waals surface area contributed by atoms with Crippen LogP contribution in [-0.2, 0) is 11.2 Å². The van der Waals surface area contributed by atoms with Gasteiger partial charge in [0.1, 0.15) is 4.60 Å². The fourth-order valence-corrected chi connectivity index (χ4v) is 3.65. The van der Waals surface area contributed by atoms with E-state index in [1.807, 2.05) is 36.4 Å². The highest BCUT2D eigenvalue weighted by atomic mass is 79.9. The van der Waals surface area contributed by atoms with Gasteiger partial charge in [-0.1, -0.05) is 65.1 Å². The number of amides is 1. The van der Waals surface area contributed by atoms with Crippen LogP contribution in [0, 0.1) is 0 Å². The molecule has 0 atom stereocenters. The van der Waals surface area contributed by atoms with E-state index in [4.69, 9.17) is 34.8 Å². The average Bonchev–Trinajstić information content (AvgIpc) is 2.64. The molecule has 27 heavy (non-hydrogen) atoms. The predicted octanol–water partition coefficient (Wildman–Crippen LogP) is 7.04. The molecule has 0 aliphatic carbocycles. The normalized spacial score (nSPS) is 10.7. The number of nitrogens with one attached hydrogen (secondary N) is 1. The summed E-state index contributed by atoms with van der Waals surface area (Å²) in [6.07, 6.45) is 0.747. The largest absolute Gasteiger partial charge is 0.324 e. The number of aryl methyl sites for hydroxylation is 1. The second-order valence-electron chi connectivity index (χ2n) is 5.77. The Morgan fingerprint density at radius 2 is 1.59 bits per heavy atom. The molecule has 0 aliphatic heterocycles. The number of rotatable bonds is 5. The number of anilines is 1. The van der Waals surface area contributed by atoms with Crippen LogP contribution >= 0.6 is 50.7 Å². The number of carbonyl (C=O) groups excluding carboxylic acids is 1. The maximum absolute atomic E-state index is 12.4. The van der Waals surface area contributed by atoms with Crippen molar-refractivity contribution in [2.45, 2.75) is 12.8 Å². The van der Waals surface area contributed by atoms with Gasteiger partial charge >= 0.3 is 0 Å². The Morgan fingerprint density at radius 3 is 2.30 bits per heavy atom. The first-order chi connectivity index (χ1) is 13.0. The molecular weight excluding hydrogens is 470 g/mol. The number of para-hydroxylation sites is 1. The van der Waals surface area contributed by atoms with Crippen LogP contribution in [0.2, 0.25) is 15.1 Å². The number of hydrogen-bond donors (Lipinski definition) is 1. The minimum Gasteiger partial charge on any atom is -0.324 e. The van der Waals surface area contributed by atoms with E-state index >= 15 is 0 Å². The molecule has 0 bridgehead atoms. The minimum absolute atomic E-state index is 0.182. The quantitative estimate of drug-likeness (QED) is 0.395. The summed E-state index contributed by atoms with van der Waals surface area (Å²) in [7, 11) is 0. The van der Waals surface area contributed by atoms with Crippen LogP contribution in [0.25, 0.3) is 11.3 Å². The first kappa shape index (κ1) is 20.2. The average molecular weight is 485 g/mol. The molecule has 3 aromatic rings. The third-order valence-corrected chi connectivity index (χ3v) is 5.32. The zero-order valence-corrected chi connectivity index (χ0v) is 17.8. The van der Waals surface area contributed by atoms with Crippen molar-refractivity contribution in [2.24, 2.45) is 0 Å². The molecule has 0 fully saturated rings. The van der Waals surface area contributed by atoms with Crippen LogP contribution < -0.4 is 5.32 Å². The number of carbonyl (C=O) groups is 1. The smallest absolute Gasteiger partial charge is 0.224 e. The van der Waals surface area contributed by atoms with E-state index in [0.29, 0.717) is 31.8 Å². The van der Waals surface area contributed by atoms with Crippen LogP contribution in [0.1, 0.15) is 12.0 Å². The Labute approximate surface area is 180 Å². The van der Waals surface area contributed by atoms with Crippen molar-refractivity contribution < 1.29 is 4.79 Å². The van der Waals surface area contributed by atoms with Gasteiger partial charge in [0.25, 0.3) is 0 Å². The van der Waals surface area contributed by atoms with Gasteiger partial charge in [-0.3, -0.25) is 4.79 Å². The molecule has 0 radical (unpaired) electrons. The Balaban J connectivity index is 1.79. The fourth-order valence-electron chi connectivity index (χ4n) is 2.62. The molecule has 138 valence electrons. The van der Waals surface area contributed by atoms with Crippen LogP contribution in [0.15, 0.2) is 59.2 Å². The van der Waals surface area contributed by atoms with Crippen molar-refractivity contribution in [1.82, 2.24) is 4.98 Å². The molecule has 2 aromatic carbocycles. The summed E-state index contributed by atoms with van der Waals surface area (Å²) >= 11 is 21.9. The molecule has 3 rings (SSSR count). The summed E-state index contributed by atoms with van der Waals surface area (Å²) in [6.45, 7) is 0. The molecule has 0 aliphatic rings. The maximum Gasteiger partial charge on any atom is 0.224 e. The fraction of sp³-hybridized carbons (Fsp3) is 0.100. The summed E-state index contributed by atoms with van der Waals surface area (Å²) in [5.41, 5.74) is 2.92. The van der Waals surface area contributed by atoms with Gasteiger partial charge in [-0.15, -0.1) is 0 Å². The highest BCUT2D eigenvalue weighted by molar-refractivity contribution is 9.10. The molecule has 0 unspecified atom stereocenters. The molecule has 0 spiro atoms. The van der Waals surface area contributed by atoms with E-state index in [1.165, 1.54) is 0 Å². The lowest BCUT2D eigenvalue weighted by Gasteiger charge is -2.12. The summed E-state index contributed by atoms with van der Waals surface area (Å²) in [6, 6.07) is 16.4. The van der Waals surface area contributed by atoms with E-state index < -0.39 is 0 Å². The first-order valence-electron chi connectivity index (χ1n) is 8.10. The first-order valence-corrected chi connectivity index (χ1v) is 10.0. The monoisotopic (exact) mass is 482 g/mol. The van der Waals surface area contributed by atoms with Crippen LogP contribution in [0.4, 0.5) is 5.69 Å². The second kappa shape index (κ2) is 9.07. The SMILES string of the molecule is O=C(CCc1ccc(Br)nc1-c1ccccc1Cl)Nc1c(Cl)cccc1Cl. The van der Waals surface area contributed by atoms with Crippen molar-refractivity contribution in [3.05, 3.63) is 79.8 Å². The summed E-state index contributed by atoms with van der Waals surface area (Å²) < 4.78 is 0.702. The number of pyridine rings is 1. The lowest BCUT2D eigenvalue weighted by atomic mass is 10.0. The molecule has 0 saturated heterocycles. The summed E-state index contributed by atoms with van der Waals surface area (Å²) in [5.74, 6) is -0.182. The Bertz CT molecular complexity index is 974. The maximum atomic E-state index is 12.4. The van der Waals surface area contributed by atoms with Crippen molar-refractivity contribution in [2.75, 3.05) is 5.32 Å². The zero-order valence-electron chi connectivity index (χ0n) is 14.0. The van der Waals surface area contributed by atoms with Gasteiger partial charge in [-0.05, 0) is 52.2 Å². The van der Waals surface area contributed by atoms with Gasteiger partial charge in [-0.2, -0.15) is 0 Å². The highest BCUT2D eigenvalue weighted by Gasteiger charge is 2.14. The number of halogens is 4. The third-order valence-electron chi connectivity index (χ3n) is 3.92. The number of nitrogens with zero attached hydrogens (tertiary/aromatic N) is 1. The van der Waals surface area contributed by atoms with Gasteiger partial charge in [0.05, 0.1) is 21.4 Å². The summed E-state index contributed by atoms with van der Waals surface area (Å²) in [5, 5.41) is 4.18. The van der Waals surface area contributed by atoms with Crippen LogP contribution in [0.5, 0.6) is 0 Å². The number of benzene rings is 2. The van der Waals surface area contributed by atoms with Crippen LogP contribution in [-0.4, -0.2) is 10.9 Å². The van der Waals surface area contributed by atoms with Crippen molar-refractivity contribution in [3.8, 4) is 11.3 Å².